The summed E-state index contributed by atoms with van der Waals surface area (Å²) in [6.07, 6.45) is 7.02. The fourth-order valence-corrected chi connectivity index (χ4v) is 2.94. The quantitative estimate of drug-likeness (QED) is 0.556. The summed E-state index contributed by atoms with van der Waals surface area (Å²) in [6.45, 7) is 4.83. The molecule has 3 nitrogen and oxygen atoms in total. The average molecular weight is 329 g/mol. The molecule has 132 valence electrons. The Bertz CT molecular complexity index is 597. The summed E-state index contributed by atoms with van der Waals surface area (Å²) in [7, 11) is 0. The van der Waals surface area contributed by atoms with E-state index in [0.29, 0.717) is 0 Å². The molecule has 2 aromatic rings. The molecule has 0 saturated heterocycles. The fourth-order valence-electron chi connectivity index (χ4n) is 2.94. The molecule has 0 bridgehead atoms. The molecule has 0 saturated carbocycles. The van der Waals surface area contributed by atoms with Gasteiger partial charge in [0.25, 0.3) is 0 Å². The number of rotatable bonds is 12. The normalized spacial score (nSPS) is 11.1. The molecule has 3 heteroatoms. The van der Waals surface area contributed by atoms with Crippen molar-refractivity contribution in [3.8, 4) is 5.75 Å². The molecule has 2 rings (SSSR count). The Balaban J connectivity index is 2.01. The zero-order valence-electron chi connectivity index (χ0n) is 14.9. The van der Waals surface area contributed by atoms with Gasteiger partial charge in [-0.2, -0.15) is 0 Å². The van der Waals surface area contributed by atoms with Crippen molar-refractivity contribution in [3.05, 3.63) is 42.0 Å². The van der Waals surface area contributed by atoms with Gasteiger partial charge in [-0.1, -0.05) is 62.9 Å². The molecule has 0 radical (unpaired) electrons. The highest BCUT2D eigenvalue weighted by atomic mass is 16.5. The molecule has 0 amide bonds. The molecule has 24 heavy (non-hydrogen) atoms. The number of hydrogen-bond donors (Lipinski definition) is 2. The summed E-state index contributed by atoms with van der Waals surface area (Å²) in [6, 6.07) is 12.7. The first kappa shape index (κ1) is 18.8. The van der Waals surface area contributed by atoms with Crippen LogP contribution in [0, 0.1) is 0 Å². The Morgan fingerprint density at radius 3 is 2.62 bits per heavy atom. The number of nitrogens with one attached hydrogen (secondary N) is 1. The molecule has 0 spiro atoms. The van der Waals surface area contributed by atoms with Crippen LogP contribution in [0.15, 0.2) is 36.4 Å². The summed E-state index contributed by atoms with van der Waals surface area (Å²) < 4.78 is 6.09. The van der Waals surface area contributed by atoms with Gasteiger partial charge in [-0.25, -0.2) is 0 Å². The molecule has 0 atom stereocenters. The first-order valence-electron chi connectivity index (χ1n) is 9.31. The summed E-state index contributed by atoms with van der Waals surface area (Å²) in [5, 5.41) is 14.8. The van der Waals surface area contributed by atoms with Gasteiger partial charge in [-0.15, -0.1) is 0 Å². The summed E-state index contributed by atoms with van der Waals surface area (Å²) >= 11 is 0. The third kappa shape index (κ3) is 5.81. The van der Waals surface area contributed by atoms with Crippen LogP contribution in [0.1, 0.15) is 51.0 Å². The van der Waals surface area contributed by atoms with E-state index < -0.39 is 0 Å². The van der Waals surface area contributed by atoms with E-state index in [9.17, 15) is 0 Å². The largest absolute Gasteiger partial charge is 0.493 e. The lowest BCUT2D eigenvalue weighted by molar-refractivity contribution is 0.285. The maximum Gasteiger partial charge on any atom is 0.124 e. The zero-order chi connectivity index (χ0) is 17.0. The highest BCUT2D eigenvalue weighted by molar-refractivity contribution is 5.87. The Kier molecular flexibility index (Phi) is 8.64. The van der Waals surface area contributed by atoms with Crippen LogP contribution in [0.3, 0.4) is 0 Å². The van der Waals surface area contributed by atoms with E-state index in [1.807, 2.05) is 0 Å². The smallest absolute Gasteiger partial charge is 0.124 e. The molecule has 2 N–H and O–H groups in total. The van der Waals surface area contributed by atoms with E-state index in [1.54, 1.807) is 0 Å². The molecule has 0 unspecified atom stereocenters. The van der Waals surface area contributed by atoms with Crippen LogP contribution >= 0.6 is 0 Å². The van der Waals surface area contributed by atoms with Gasteiger partial charge in [0, 0.05) is 18.7 Å². The molecular weight excluding hydrogens is 298 g/mol. The number of hydrogen-bond acceptors (Lipinski definition) is 3. The standard InChI is InChI=1S/C21H31NO2/c1-2-3-4-5-8-16-24-21-13-12-18-10-6-7-11-19(18)20(21)17-22-14-9-15-23/h6-7,10-13,22-23H,2-5,8-9,14-17H2,1H3. The molecular formula is C21H31NO2. The van der Waals surface area contributed by atoms with Crippen molar-refractivity contribution in [1.29, 1.82) is 0 Å². The van der Waals surface area contributed by atoms with Crippen molar-refractivity contribution in [1.82, 2.24) is 5.32 Å². The number of unbranched alkanes of at least 4 members (excludes halogenated alkanes) is 4. The maximum atomic E-state index is 8.93. The first-order valence-corrected chi connectivity index (χ1v) is 9.31. The van der Waals surface area contributed by atoms with E-state index >= 15 is 0 Å². The van der Waals surface area contributed by atoms with E-state index in [0.717, 1.165) is 38.3 Å². The SMILES string of the molecule is CCCCCCCOc1ccc2ccccc2c1CNCCCO. The summed E-state index contributed by atoms with van der Waals surface area (Å²) in [5.74, 6) is 0.987. The molecule has 2 aromatic carbocycles. The minimum atomic E-state index is 0.226. The van der Waals surface area contributed by atoms with E-state index in [1.165, 1.54) is 42.0 Å². The van der Waals surface area contributed by atoms with Crippen LogP contribution in [-0.4, -0.2) is 24.9 Å². The van der Waals surface area contributed by atoms with Gasteiger partial charge in [0.1, 0.15) is 5.75 Å². The topological polar surface area (TPSA) is 41.5 Å². The number of benzene rings is 2. The van der Waals surface area contributed by atoms with Gasteiger partial charge in [0.05, 0.1) is 6.61 Å². The molecule has 0 aliphatic carbocycles. The van der Waals surface area contributed by atoms with Gasteiger partial charge >= 0.3 is 0 Å². The van der Waals surface area contributed by atoms with E-state index in [2.05, 4.69) is 48.6 Å². The molecule has 0 aromatic heterocycles. The number of fused-ring (bicyclic) bond motifs is 1. The van der Waals surface area contributed by atoms with Gasteiger partial charge in [-0.3, -0.25) is 0 Å². The average Bonchev–Trinajstić information content (AvgIpc) is 2.62. The van der Waals surface area contributed by atoms with Crippen LogP contribution < -0.4 is 10.1 Å². The molecule has 0 aliphatic rings. The van der Waals surface area contributed by atoms with E-state index in [4.69, 9.17) is 9.84 Å². The van der Waals surface area contributed by atoms with Crippen LogP contribution in [0.2, 0.25) is 0 Å². The van der Waals surface area contributed by atoms with Crippen LogP contribution in [0.25, 0.3) is 10.8 Å². The first-order chi connectivity index (χ1) is 11.9. The molecule has 0 fully saturated rings. The maximum absolute atomic E-state index is 8.93. The predicted molar refractivity (Wildman–Crippen MR) is 102 cm³/mol. The molecule has 0 heterocycles. The van der Waals surface area contributed by atoms with Gasteiger partial charge in [-0.05, 0) is 36.2 Å². The van der Waals surface area contributed by atoms with Gasteiger partial charge in [0.15, 0.2) is 0 Å². The second-order valence-corrected chi connectivity index (χ2v) is 6.28. The fraction of sp³-hybridized carbons (Fsp3) is 0.524. The number of aliphatic hydroxyl groups excluding tert-OH is 1. The van der Waals surface area contributed by atoms with Crippen molar-refractivity contribution in [2.45, 2.75) is 52.0 Å². The zero-order valence-corrected chi connectivity index (χ0v) is 14.9. The Labute approximate surface area is 146 Å². The van der Waals surface area contributed by atoms with E-state index in [-0.39, 0.29) is 6.61 Å². The minimum absolute atomic E-state index is 0.226. The van der Waals surface area contributed by atoms with Crippen molar-refractivity contribution >= 4 is 10.8 Å². The Hall–Kier alpha value is -1.58. The van der Waals surface area contributed by atoms with Gasteiger partial charge < -0.3 is 15.2 Å². The Morgan fingerprint density at radius 1 is 0.958 bits per heavy atom. The second-order valence-electron chi connectivity index (χ2n) is 6.28. The van der Waals surface area contributed by atoms with Crippen LogP contribution in [-0.2, 0) is 6.54 Å². The number of aliphatic hydroxyl groups is 1. The van der Waals surface area contributed by atoms with Crippen molar-refractivity contribution in [3.63, 3.8) is 0 Å². The monoisotopic (exact) mass is 329 g/mol. The minimum Gasteiger partial charge on any atom is -0.493 e. The molecule has 0 aliphatic heterocycles. The van der Waals surface area contributed by atoms with Crippen LogP contribution in [0.5, 0.6) is 5.75 Å². The lowest BCUT2D eigenvalue weighted by Gasteiger charge is -2.15. The van der Waals surface area contributed by atoms with Gasteiger partial charge in [0.2, 0.25) is 0 Å². The lowest BCUT2D eigenvalue weighted by Crippen LogP contribution is -2.17. The Morgan fingerprint density at radius 2 is 1.79 bits per heavy atom. The van der Waals surface area contributed by atoms with Crippen molar-refractivity contribution in [2.75, 3.05) is 19.8 Å². The van der Waals surface area contributed by atoms with Crippen LogP contribution in [0.4, 0.5) is 0 Å². The lowest BCUT2D eigenvalue weighted by atomic mass is 10.0. The predicted octanol–water partition coefficient (Wildman–Crippen LogP) is 4.66. The second kappa shape index (κ2) is 11.1. The summed E-state index contributed by atoms with van der Waals surface area (Å²) in [5.41, 5.74) is 1.22. The van der Waals surface area contributed by atoms with Crippen molar-refractivity contribution in [2.24, 2.45) is 0 Å². The third-order valence-electron chi connectivity index (χ3n) is 4.32. The highest BCUT2D eigenvalue weighted by Gasteiger charge is 2.08. The highest BCUT2D eigenvalue weighted by Crippen LogP contribution is 2.28. The number of ether oxygens (including phenoxy) is 1. The summed E-state index contributed by atoms with van der Waals surface area (Å²) in [4.78, 5) is 0. The third-order valence-corrected chi connectivity index (χ3v) is 4.32. The van der Waals surface area contributed by atoms with Crippen molar-refractivity contribution < 1.29 is 9.84 Å².